The molecular formula is C16H25N. The predicted octanol–water partition coefficient (Wildman–Crippen LogP) is 3.43. The number of hydrogen-bond acceptors (Lipinski definition) is 1. The van der Waals surface area contributed by atoms with Crippen LogP contribution < -0.4 is 5.32 Å². The van der Waals surface area contributed by atoms with Crippen molar-refractivity contribution in [3.05, 3.63) is 35.4 Å². The third-order valence-electron chi connectivity index (χ3n) is 4.21. The normalized spacial score (nSPS) is 21.3. The average molecular weight is 231 g/mol. The van der Waals surface area contributed by atoms with Crippen molar-refractivity contribution in [3.8, 4) is 0 Å². The Morgan fingerprint density at radius 2 is 1.88 bits per heavy atom. The van der Waals surface area contributed by atoms with Gasteiger partial charge in [-0.25, -0.2) is 0 Å². The van der Waals surface area contributed by atoms with Crippen LogP contribution in [0.2, 0.25) is 0 Å². The minimum atomic E-state index is 0.686. The van der Waals surface area contributed by atoms with Crippen molar-refractivity contribution < 1.29 is 0 Å². The molecule has 0 aromatic heterocycles. The Balaban J connectivity index is 1.86. The number of fused-ring (bicyclic) bond motifs is 1. The smallest absolute Gasteiger partial charge is 0.0111 e. The van der Waals surface area contributed by atoms with Gasteiger partial charge in [0.2, 0.25) is 0 Å². The molecule has 94 valence electrons. The van der Waals surface area contributed by atoms with E-state index in [1.807, 2.05) is 0 Å². The number of aryl methyl sites for hydroxylation is 1. The molecule has 1 aliphatic rings. The first-order valence-corrected chi connectivity index (χ1v) is 6.97. The molecule has 0 fully saturated rings. The molecule has 0 bridgehead atoms. The van der Waals surface area contributed by atoms with Gasteiger partial charge in [0.05, 0.1) is 0 Å². The molecule has 0 saturated carbocycles. The van der Waals surface area contributed by atoms with Crippen molar-refractivity contribution in [2.24, 2.45) is 11.8 Å². The molecule has 0 aliphatic heterocycles. The summed E-state index contributed by atoms with van der Waals surface area (Å²) in [6.07, 6.45) is 3.74. The monoisotopic (exact) mass is 231 g/mol. The van der Waals surface area contributed by atoms with Crippen molar-refractivity contribution in [2.45, 2.75) is 46.1 Å². The molecule has 1 nitrogen and oxygen atoms in total. The Labute approximate surface area is 106 Å². The Morgan fingerprint density at radius 3 is 2.59 bits per heavy atom. The van der Waals surface area contributed by atoms with E-state index in [0.29, 0.717) is 6.04 Å². The van der Waals surface area contributed by atoms with E-state index in [-0.39, 0.29) is 0 Å². The lowest BCUT2D eigenvalue weighted by molar-refractivity contribution is 0.353. The molecule has 1 aliphatic carbocycles. The number of nitrogens with one attached hydrogen (secondary N) is 1. The maximum Gasteiger partial charge on any atom is 0.0111 e. The van der Waals surface area contributed by atoms with Gasteiger partial charge in [0, 0.05) is 6.04 Å². The van der Waals surface area contributed by atoms with E-state index in [0.717, 1.165) is 18.4 Å². The maximum absolute atomic E-state index is 3.74. The topological polar surface area (TPSA) is 12.0 Å². The van der Waals surface area contributed by atoms with E-state index in [1.54, 1.807) is 11.1 Å². The molecule has 0 radical (unpaired) electrons. The van der Waals surface area contributed by atoms with E-state index >= 15 is 0 Å². The van der Waals surface area contributed by atoms with Gasteiger partial charge < -0.3 is 5.32 Å². The van der Waals surface area contributed by atoms with Gasteiger partial charge in [0.25, 0.3) is 0 Å². The molecule has 1 aromatic carbocycles. The molecule has 1 aromatic rings. The third-order valence-corrected chi connectivity index (χ3v) is 4.21. The summed E-state index contributed by atoms with van der Waals surface area (Å²) in [6, 6.07) is 9.58. The molecule has 0 amide bonds. The Hall–Kier alpha value is -0.820. The number of rotatable bonds is 4. The van der Waals surface area contributed by atoms with Crippen molar-refractivity contribution >= 4 is 0 Å². The van der Waals surface area contributed by atoms with Crippen LogP contribution in [0.25, 0.3) is 0 Å². The van der Waals surface area contributed by atoms with Crippen molar-refractivity contribution in [3.63, 3.8) is 0 Å². The molecule has 1 heteroatoms. The summed E-state index contributed by atoms with van der Waals surface area (Å²) in [5, 5.41) is 3.74. The highest BCUT2D eigenvalue weighted by molar-refractivity contribution is 5.30. The van der Waals surface area contributed by atoms with Crippen LogP contribution in [0.5, 0.6) is 0 Å². The molecule has 2 unspecified atom stereocenters. The summed E-state index contributed by atoms with van der Waals surface area (Å²) in [7, 11) is 0. The average Bonchev–Trinajstić information content (AvgIpc) is 2.35. The highest BCUT2D eigenvalue weighted by atomic mass is 14.9. The molecule has 0 saturated heterocycles. The molecule has 1 N–H and O–H groups in total. The van der Waals surface area contributed by atoms with E-state index in [9.17, 15) is 0 Å². The summed E-state index contributed by atoms with van der Waals surface area (Å²) in [5.74, 6) is 1.55. The fraction of sp³-hybridized carbons (Fsp3) is 0.625. The van der Waals surface area contributed by atoms with Crippen LogP contribution >= 0.6 is 0 Å². The largest absolute Gasteiger partial charge is 0.313 e. The van der Waals surface area contributed by atoms with Gasteiger partial charge >= 0.3 is 0 Å². The van der Waals surface area contributed by atoms with Crippen LogP contribution in [-0.4, -0.2) is 12.6 Å². The summed E-state index contributed by atoms with van der Waals surface area (Å²) in [4.78, 5) is 0. The molecular weight excluding hydrogens is 206 g/mol. The minimum absolute atomic E-state index is 0.686. The van der Waals surface area contributed by atoms with Crippen LogP contribution in [0, 0.1) is 11.8 Å². The number of hydrogen-bond donors (Lipinski definition) is 1. The van der Waals surface area contributed by atoms with Gasteiger partial charge in [-0.1, -0.05) is 45.0 Å². The van der Waals surface area contributed by atoms with Crippen LogP contribution in [-0.2, 0) is 12.8 Å². The van der Waals surface area contributed by atoms with E-state index in [1.165, 1.54) is 19.3 Å². The van der Waals surface area contributed by atoms with Crippen LogP contribution in [0.3, 0.4) is 0 Å². The summed E-state index contributed by atoms with van der Waals surface area (Å²) in [5.41, 5.74) is 3.11. The number of benzene rings is 1. The predicted molar refractivity (Wildman–Crippen MR) is 74.3 cm³/mol. The summed E-state index contributed by atoms with van der Waals surface area (Å²) >= 11 is 0. The zero-order valence-corrected chi connectivity index (χ0v) is 11.4. The first-order chi connectivity index (χ1) is 8.16. The highest BCUT2D eigenvalue weighted by Crippen LogP contribution is 2.21. The second-order valence-corrected chi connectivity index (χ2v) is 5.84. The van der Waals surface area contributed by atoms with Crippen LogP contribution in [0.15, 0.2) is 24.3 Å². The lowest BCUT2D eigenvalue weighted by Crippen LogP contribution is -2.38. The first kappa shape index (κ1) is 12.6. The van der Waals surface area contributed by atoms with Gasteiger partial charge in [-0.3, -0.25) is 0 Å². The second-order valence-electron chi connectivity index (χ2n) is 5.84. The van der Waals surface area contributed by atoms with Crippen LogP contribution in [0.1, 0.15) is 38.3 Å². The molecule has 0 spiro atoms. The van der Waals surface area contributed by atoms with Gasteiger partial charge in [0.15, 0.2) is 0 Å². The van der Waals surface area contributed by atoms with Crippen molar-refractivity contribution in [2.75, 3.05) is 6.54 Å². The lowest BCUT2D eigenvalue weighted by atomic mass is 9.88. The van der Waals surface area contributed by atoms with Crippen molar-refractivity contribution in [1.82, 2.24) is 5.32 Å². The second kappa shape index (κ2) is 5.68. The Kier molecular flexibility index (Phi) is 4.22. The Bertz CT molecular complexity index is 356. The standard InChI is InChI=1S/C16H25N/c1-12(2)13(3)11-17-16-9-8-14-6-4-5-7-15(14)10-16/h4-7,12-13,16-17H,8-11H2,1-3H3. The van der Waals surface area contributed by atoms with Gasteiger partial charge in [0.1, 0.15) is 0 Å². The Morgan fingerprint density at radius 1 is 1.18 bits per heavy atom. The van der Waals surface area contributed by atoms with Gasteiger partial charge in [-0.2, -0.15) is 0 Å². The van der Waals surface area contributed by atoms with E-state index in [2.05, 4.69) is 50.4 Å². The molecule has 0 heterocycles. The minimum Gasteiger partial charge on any atom is -0.313 e. The fourth-order valence-electron chi connectivity index (χ4n) is 2.46. The highest BCUT2D eigenvalue weighted by Gasteiger charge is 2.18. The SMILES string of the molecule is CC(C)C(C)CNC1CCc2ccccc2C1. The van der Waals surface area contributed by atoms with Gasteiger partial charge in [-0.15, -0.1) is 0 Å². The first-order valence-electron chi connectivity index (χ1n) is 6.97. The fourth-order valence-corrected chi connectivity index (χ4v) is 2.46. The molecule has 2 atom stereocenters. The quantitative estimate of drug-likeness (QED) is 0.837. The van der Waals surface area contributed by atoms with Crippen LogP contribution in [0.4, 0.5) is 0 Å². The summed E-state index contributed by atoms with van der Waals surface area (Å²) < 4.78 is 0. The lowest BCUT2D eigenvalue weighted by Gasteiger charge is -2.27. The van der Waals surface area contributed by atoms with Crippen molar-refractivity contribution in [1.29, 1.82) is 0 Å². The molecule has 2 rings (SSSR count). The van der Waals surface area contributed by atoms with E-state index in [4.69, 9.17) is 0 Å². The van der Waals surface area contributed by atoms with E-state index < -0.39 is 0 Å². The zero-order chi connectivity index (χ0) is 12.3. The zero-order valence-electron chi connectivity index (χ0n) is 11.4. The maximum atomic E-state index is 3.74. The third kappa shape index (κ3) is 3.32. The molecule has 17 heavy (non-hydrogen) atoms. The summed E-state index contributed by atoms with van der Waals surface area (Å²) in [6.45, 7) is 8.12. The van der Waals surface area contributed by atoms with Gasteiger partial charge in [-0.05, 0) is 48.8 Å².